The second-order valence-corrected chi connectivity index (χ2v) is 4.41. The first kappa shape index (κ1) is 7.86. The van der Waals surface area contributed by atoms with Gasteiger partial charge >= 0.3 is 0 Å². The van der Waals surface area contributed by atoms with Crippen LogP contribution in [0.5, 0.6) is 0 Å². The van der Waals surface area contributed by atoms with Crippen LogP contribution in [0.2, 0.25) is 0 Å². The van der Waals surface area contributed by atoms with Crippen molar-refractivity contribution in [3.05, 3.63) is 12.2 Å². The molecule has 0 aromatic carbocycles. The summed E-state index contributed by atoms with van der Waals surface area (Å²) in [5.74, 6) is 0.515. The number of rotatable bonds is 1. The Morgan fingerprint density at radius 3 is 2.25 bits per heavy atom. The normalized spacial score (nSPS) is 26.6. The fourth-order valence-corrected chi connectivity index (χ4v) is 2.35. The van der Waals surface area contributed by atoms with E-state index in [-0.39, 0.29) is 0 Å². The fraction of sp³-hybridized carbons (Fsp3) is 0.727. The Balaban J connectivity index is 1.90. The van der Waals surface area contributed by atoms with Gasteiger partial charge in [0.15, 0.2) is 0 Å². The summed E-state index contributed by atoms with van der Waals surface area (Å²) in [6, 6.07) is 2.19. The van der Waals surface area contributed by atoms with Gasteiger partial charge in [-0.05, 0) is 49.9 Å². The van der Waals surface area contributed by atoms with Crippen LogP contribution in [0.4, 0.5) is 0 Å². The number of nitriles is 1. The van der Waals surface area contributed by atoms with Gasteiger partial charge in [0.25, 0.3) is 0 Å². The van der Waals surface area contributed by atoms with Gasteiger partial charge in [0.2, 0.25) is 0 Å². The molecule has 0 N–H and O–H groups in total. The average molecular weight is 161 g/mol. The molecular formula is C11H15N. The van der Waals surface area contributed by atoms with E-state index in [4.69, 9.17) is 5.26 Å². The molecule has 12 heavy (non-hydrogen) atoms. The van der Waals surface area contributed by atoms with Crippen LogP contribution in [-0.4, -0.2) is 0 Å². The van der Waals surface area contributed by atoms with Crippen LogP contribution in [0.1, 0.15) is 38.5 Å². The highest BCUT2D eigenvalue weighted by Gasteiger charge is 2.44. The molecule has 2 aliphatic rings. The van der Waals surface area contributed by atoms with E-state index >= 15 is 0 Å². The molecule has 0 aromatic rings. The maximum atomic E-state index is 8.68. The Hall–Kier alpha value is -0.770. The van der Waals surface area contributed by atoms with Gasteiger partial charge in [-0.3, -0.25) is 0 Å². The van der Waals surface area contributed by atoms with Gasteiger partial charge in [-0.2, -0.15) is 5.26 Å². The zero-order chi connectivity index (χ0) is 8.60. The maximum Gasteiger partial charge on any atom is 0.0943 e. The highest BCUT2D eigenvalue weighted by molar-refractivity contribution is 5.20. The fourth-order valence-electron chi connectivity index (χ4n) is 2.35. The van der Waals surface area contributed by atoms with Crippen LogP contribution >= 0.6 is 0 Å². The van der Waals surface area contributed by atoms with Crippen LogP contribution in [-0.2, 0) is 0 Å². The second kappa shape index (κ2) is 2.62. The lowest BCUT2D eigenvalue weighted by molar-refractivity contribution is 0.286. The first-order chi connectivity index (χ1) is 5.76. The van der Waals surface area contributed by atoms with Crippen molar-refractivity contribution in [2.75, 3.05) is 0 Å². The molecule has 1 nitrogen and oxygen atoms in total. The summed E-state index contributed by atoms with van der Waals surface area (Å²) in [4.78, 5) is 0. The maximum absolute atomic E-state index is 8.68. The largest absolute Gasteiger partial charge is 0.193 e. The van der Waals surface area contributed by atoms with Crippen molar-refractivity contribution < 1.29 is 0 Å². The SMILES string of the molecule is C=C(C#N)C1CCC2(CC1)CC2. The second-order valence-electron chi connectivity index (χ2n) is 4.41. The smallest absolute Gasteiger partial charge is 0.0943 e. The molecule has 2 rings (SSSR count). The van der Waals surface area contributed by atoms with Gasteiger partial charge in [-0.15, -0.1) is 0 Å². The molecule has 2 saturated carbocycles. The summed E-state index contributed by atoms with van der Waals surface area (Å²) in [7, 11) is 0. The minimum Gasteiger partial charge on any atom is -0.193 e. The number of allylic oxidation sites excluding steroid dienone is 1. The molecule has 0 unspecified atom stereocenters. The van der Waals surface area contributed by atoms with Gasteiger partial charge < -0.3 is 0 Å². The summed E-state index contributed by atoms with van der Waals surface area (Å²) in [5, 5.41) is 8.68. The number of nitrogens with zero attached hydrogens (tertiary/aromatic N) is 1. The molecule has 1 spiro atoms. The molecule has 0 aliphatic heterocycles. The van der Waals surface area contributed by atoms with Gasteiger partial charge in [-0.25, -0.2) is 0 Å². The van der Waals surface area contributed by atoms with Gasteiger partial charge in [0.1, 0.15) is 0 Å². The molecule has 0 bridgehead atoms. The Morgan fingerprint density at radius 1 is 1.25 bits per heavy atom. The van der Waals surface area contributed by atoms with E-state index in [1.807, 2.05) is 0 Å². The lowest BCUT2D eigenvalue weighted by Crippen LogP contribution is -2.15. The Morgan fingerprint density at radius 2 is 1.83 bits per heavy atom. The molecule has 0 saturated heterocycles. The van der Waals surface area contributed by atoms with Crippen molar-refractivity contribution in [2.24, 2.45) is 11.3 Å². The third kappa shape index (κ3) is 1.27. The van der Waals surface area contributed by atoms with Crippen LogP contribution in [0.15, 0.2) is 12.2 Å². The molecule has 64 valence electrons. The van der Waals surface area contributed by atoms with Crippen molar-refractivity contribution in [2.45, 2.75) is 38.5 Å². The summed E-state index contributed by atoms with van der Waals surface area (Å²) in [6.07, 6.45) is 8.01. The van der Waals surface area contributed by atoms with Crippen molar-refractivity contribution in [1.29, 1.82) is 5.26 Å². The topological polar surface area (TPSA) is 23.8 Å². The summed E-state index contributed by atoms with van der Waals surface area (Å²) in [5.41, 5.74) is 1.55. The third-order valence-corrected chi connectivity index (χ3v) is 3.64. The number of hydrogen-bond donors (Lipinski definition) is 0. The number of hydrogen-bond acceptors (Lipinski definition) is 1. The molecule has 0 aromatic heterocycles. The van der Waals surface area contributed by atoms with E-state index in [0.717, 1.165) is 11.0 Å². The lowest BCUT2D eigenvalue weighted by Gasteiger charge is -2.27. The van der Waals surface area contributed by atoms with E-state index in [1.54, 1.807) is 0 Å². The van der Waals surface area contributed by atoms with Gasteiger partial charge in [0, 0.05) is 5.57 Å². The minimum absolute atomic E-state index is 0.515. The molecule has 2 fully saturated rings. The predicted octanol–water partition coefficient (Wildman–Crippen LogP) is 3.04. The third-order valence-electron chi connectivity index (χ3n) is 3.64. The lowest BCUT2D eigenvalue weighted by atomic mass is 9.77. The van der Waals surface area contributed by atoms with E-state index in [2.05, 4.69) is 12.6 Å². The predicted molar refractivity (Wildman–Crippen MR) is 48.4 cm³/mol. The molecule has 0 atom stereocenters. The highest BCUT2D eigenvalue weighted by atomic mass is 14.5. The molecule has 0 heterocycles. The van der Waals surface area contributed by atoms with E-state index in [9.17, 15) is 0 Å². The van der Waals surface area contributed by atoms with Crippen molar-refractivity contribution in [3.8, 4) is 6.07 Å². The quantitative estimate of drug-likeness (QED) is 0.542. The van der Waals surface area contributed by atoms with E-state index in [0.29, 0.717) is 5.92 Å². The van der Waals surface area contributed by atoms with Crippen LogP contribution in [0.3, 0.4) is 0 Å². The molecular weight excluding hydrogens is 146 g/mol. The summed E-state index contributed by atoms with van der Waals surface area (Å²) < 4.78 is 0. The van der Waals surface area contributed by atoms with Crippen LogP contribution in [0.25, 0.3) is 0 Å². The molecule has 0 amide bonds. The molecule has 2 aliphatic carbocycles. The van der Waals surface area contributed by atoms with Crippen molar-refractivity contribution in [1.82, 2.24) is 0 Å². The Labute approximate surface area is 74.1 Å². The zero-order valence-corrected chi connectivity index (χ0v) is 7.47. The molecule has 1 heteroatoms. The monoisotopic (exact) mass is 161 g/mol. The van der Waals surface area contributed by atoms with E-state index in [1.165, 1.54) is 38.5 Å². The Kier molecular flexibility index (Phi) is 1.72. The molecule has 0 radical (unpaired) electrons. The first-order valence-electron chi connectivity index (χ1n) is 4.85. The van der Waals surface area contributed by atoms with Crippen LogP contribution in [0, 0.1) is 22.7 Å². The summed E-state index contributed by atoms with van der Waals surface area (Å²) >= 11 is 0. The summed E-state index contributed by atoms with van der Waals surface area (Å²) in [6.45, 7) is 3.80. The highest BCUT2D eigenvalue weighted by Crippen LogP contribution is 2.57. The van der Waals surface area contributed by atoms with Gasteiger partial charge in [0.05, 0.1) is 6.07 Å². The van der Waals surface area contributed by atoms with Crippen molar-refractivity contribution >= 4 is 0 Å². The first-order valence-corrected chi connectivity index (χ1v) is 4.85. The van der Waals surface area contributed by atoms with Crippen molar-refractivity contribution in [3.63, 3.8) is 0 Å². The minimum atomic E-state index is 0.515. The van der Waals surface area contributed by atoms with Gasteiger partial charge in [-0.1, -0.05) is 6.58 Å². The standard InChI is InChI=1S/C11H15N/c1-9(8-12)10-2-4-11(5-3-10)6-7-11/h10H,1-7H2. The average Bonchev–Trinajstić information content (AvgIpc) is 2.85. The van der Waals surface area contributed by atoms with Crippen LogP contribution < -0.4 is 0 Å². The zero-order valence-electron chi connectivity index (χ0n) is 7.47. The van der Waals surface area contributed by atoms with E-state index < -0.39 is 0 Å². The Bertz CT molecular complexity index is 232.